The lowest BCUT2D eigenvalue weighted by Gasteiger charge is -2.30. The van der Waals surface area contributed by atoms with E-state index in [0.717, 1.165) is 0 Å². The van der Waals surface area contributed by atoms with Crippen molar-refractivity contribution in [3.63, 3.8) is 0 Å². The molecule has 1 aliphatic rings. The van der Waals surface area contributed by atoms with Gasteiger partial charge in [0.15, 0.2) is 16.6 Å². The van der Waals surface area contributed by atoms with Gasteiger partial charge in [0, 0.05) is 5.70 Å². The number of hydrogen-bond acceptors (Lipinski definition) is 6. The fraction of sp³-hybridized carbons (Fsp3) is 0.421. The minimum Gasteiger partial charge on any atom is -0.493 e. The molecule has 9 heteroatoms. The fourth-order valence-electron chi connectivity index (χ4n) is 2.65. The lowest BCUT2D eigenvalue weighted by atomic mass is 9.95. The molecule has 0 bridgehead atoms. The van der Waals surface area contributed by atoms with Crippen LogP contribution in [0.2, 0.25) is 5.02 Å². The minimum absolute atomic E-state index is 0.126. The summed E-state index contributed by atoms with van der Waals surface area (Å²) in [5, 5.41) is 6.51. The van der Waals surface area contributed by atoms with Gasteiger partial charge in [-0.3, -0.25) is 4.79 Å². The molecule has 0 aromatic heterocycles. The molecule has 0 fully saturated rings. The summed E-state index contributed by atoms with van der Waals surface area (Å²) >= 11 is 11.6. The summed E-state index contributed by atoms with van der Waals surface area (Å²) in [5.41, 5.74) is 1.57. The van der Waals surface area contributed by atoms with Gasteiger partial charge in [-0.1, -0.05) is 25.4 Å². The molecule has 1 atom stereocenters. The SMILES string of the molecule is CCOC(=O)C1=C(C)NC(=S)NC1c1cc(Cl)c(OC(=O)C(C)C)c(OC)c1. The summed E-state index contributed by atoms with van der Waals surface area (Å²) in [6.07, 6.45) is 0. The molecule has 1 aromatic carbocycles. The number of ether oxygens (including phenoxy) is 3. The highest BCUT2D eigenvalue weighted by molar-refractivity contribution is 7.80. The number of hydrogen-bond donors (Lipinski definition) is 2. The standard InChI is InChI=1S/C19H23ClN2O5S/c1-6-26-18(24)14-10(4)21-19(28)22-15(14)11-7-12(20)16(13(8-11)25-5)27-17(23)9(2)3/h7-9,15H,6H2,1-5H3,(H2,21,22,28). The van der Waals surface area contributed by atoms with E-state index >= 15 is 0 Å². The van der Waals surface area contributed by atoms with Crippen molar-refractivity contribution in [3.05, 3.63) is 34.0 Å². The number of thiocarbonyl (C=S) groups is 1. The van der Waals surface area contributed by atoms with Crippen molar-refractivity contribution >= 4 is 40.9 Å². The van der Waals surface area contributed by atoms with Gasteiger partial charge in [-0.2, -0.15) is 0 Å². The van der Waals surface area contributed by atoms with Gasteiger partial charge in [0.1, 0.15) is 0 Å². The van der Waals surface area contributed by atoms with Crippen molar-refractivity contribution in [2.24, 2.45) is 5.92 Å². The van der Waals surface area contributed by atoms with Gasteiger partial charge < -0.3 is 24.8 Å². The number of esters is 2. The van der Waals surface area contributed by atoms with Crippen LogP contribution in [-0.2, 0) is 14.3 Å². The van der Waals surface area contributed by atoms with E-state index in [2.05, 4.69) is 10.6 Å². The first-order valence-corrected chi connectivity index (χ1v) is 9.52. The number of carbonyl (C=O) groups excluding carboxylic acids is 2. The van der Waals surface area contributed by atoms with E-state index in [9.17, 15) is 9.59 Å². The van der Waals surface area contributed by atoms with E-state index in [0.29, 0.717) is 21.9 Å². The maximum atomic E-state index is 12.5. The molecule has 7 nitrogen and oxygen atoms in total. The highest BCUT2D eigenvalue weighted by atomic mass is 35.5. The minimum atomic E-state index is -0.603. The maximum Gasteiger partial charge on any atom is 0.338 e. The first kappa shape index (κ1) is 22.0. The molecule has 152 valence electrons. The van der Waals surface area contributed by atoms with Crippen LogP contribution in [0.3, 0.4) is 0 Å². The number of carbonyl (C=O) groups is 2. The van der Waals surface area contributed by atoms with Gasteiger partial charge in [0.05, 0.1) is 36.3 Å². The first-order chi connectivity index (χ1) is 13.2. The quantitative estimate of drug-likeness (QED) is 0.407. The van der Waals surface area contributed by atoms with Crippen LogP contribution >= 0.6 is 23.8 Å². The lowest BCUT2D eigenvalue weighted by Crippen LogP contribution is -2.45. The van der Waals surface area contributed by atoms with E-state index in [4.69, 9.17) is 38.0 Å². The lowest BCUT2D eigenvalue weighted by molar-refractivity contribution is -0.139. The molecule has 1 aromatic rings. The Kier molecular flexibility index (Phi) is 7.26. The van der Waals surface area contributed by atoms with Crippen molar-refractivity contribution < 1.29 is 23.8 Å². The Hall–Kier alpha value is -2.32. The first-order valence-electron chi connectivity index (χ1n) is 8.74. The maximum absolute atomic E-state index is 12.5. The van der Waals surface area contributed by atoms with Crippen molar-refractivity contribution in [3.8, 4) is 11.5 Å². The van der Waals surface area contributed by atoms with Gasteiger partial charge >= 0.3 is 11.9 Å². The summed E-state index contributed by atoms with van der Waals surface area (Å²) in [4.78, 5) is 24.5. The third kappa shape index (κ3) is 4.74. The average molecular weight is 427 g/mol. The van der Waals surface area contributed by atoms with Gasteiger partial charge in [-0.15, -0.1) is 0 Å². The molecule has 2 rings (SSSR count). The van der Waals surface area contributed by atoms with Crippen LogP contribution in [0.5, 0.6) is 11.5 Å². The second-order valence-electron chi connectivity index (χ2n) is 6.40. The van der Waals surface area contributed by atoms with Crippen molar-refractivity contribution in [1.82, 2.24) is 10.6 Å². The zero-order valence-corrected chi connectivity index (χ0v) is 17.9. The van der Waals surface area contributed by atoms with Gasteiger partial charge in [-0.25, -0.2) is 4.79 Å². The van der Waals surface area contributed by atoms with Crippen LogP contribution in [0.4, 0.5) is 0 Å². The molecule has 0 aliphatic carbocycles. The molecular weight excluding hydrogens is 404 g/mol. The Morgan fingerprint density at radius 1 is 1.32 bits per heavy atom. The molecule has 28 heavy (non-hydrogen) atoms. The third-order valence-corrected chi connectivity index (χ3v) is 4.52. The molecule has 1 aliphatic heterocycles. The number of benzene rings is 1. The molecule has 1 unspecified atom stereocenters. The Morgan fingerprint density at radius 2 is 2.00 bits per heavy atom. The number of rotatable bonds is 6. The smallest absolute Gasteiger partial charge is 0.338 e. The van der Waals surface area contributed by atoms with E-state index in [1.807, 2.05) is 0 Å². The Bertz CT molecular complexity index is 838. The van der Waals surface area contributed by atoms with E-state index in [-0.39, 0.29) is 29.0 Å². The van der Waals surface area contributed by atoms with E-state index < -0.39 is 18.0 Å². The Morgan fingerprint density at radius 3 is 2.57 bits per heavy atom. The highest BCUT2D eigenvalue weighted by Gasteiger charge is 2.32. The van der Waals surface area contributed by atoms with Crippen LogP contribution < -0.4 is 20.1 Å². The van der Waals surface area contributed by atoms with Crippen LogP contribution in [0, 0.1) is 5.92 Å². The highest BCUT2D eigenvalue weighted by Crippen LogP contribution is 2.40. The fourth-order valence-corrected chi connectivity index (χ4v) is 3.18. The van der Waals surface area contributed by atoms with Gasteiger partial charge in [0.2, 0.25) is 0 Å². The number of halogens is 1. The monoisotopic (exact) mass is 426 g/mol. The molecular formula is C19H23ClN2O5S. The third-order valence-electron chi connectivity index (χ3n) is 4.02. The predicted octanol–water partition coefficient (Wildman–Crippen LogP) is 3.27. The average Bonchev–Trinajstić information content (AvgIpc) is 2.62. The largest absolute Gasteiger partial charge is 0.493 e. The molecule has 0 saturated carbocycles. The van der Waals surface area contributed by atoms with Crippen LogP contribution in [-0.4, -0.2) is 30.8 Å². The molecule has 2 N–H and O–H groups in total. The summed E-state index contributed by atoms with van der Waals surface area (Å²) in [6, 6.07) is 2.65. The van der Waals surface area contributed by atoms with E-state index in [1.54, 1.807) is 39.8 Å². The normalized spacial score (nSPS) is 16.4. The number of allylic oxidation sites excluding steroid dienone is 1. The van der Waals surface area contributed by atoms with Crippen molar-refractivity contribution in [2.45, 2.75) is 33.7 Å². The van der Waals surface area contributed by atoms with Crippen LogP contribution in [0.25, 0.3) is 0 Å². The van der Waals surface area contributed by atoms with Crippen molar-refractivity contribution in [2.75, 3.05) is 13.7 Å². The second-order valence-corrected chi connectivity index (χ2v) is 7.22. The van der Waals surface area contributed by atoms with E-state index in [1.165, 1.54) is 7.11 Å². The zero-order chi connectivity index (χ0) is 21.0. The van der Waals surface area contributed by atoms with Crippen molar-refractivity contribution in [1.29, 1.82) is 0 Å². The topological polar surface area (TPSA) is 85.9 Å². The number of methoxy groups -OCH3 is 1. The predicted molar refractivity (Wildman–Crippen MR) is 109 cm³/mol. The van der Waals surface area contributed by atoms with Gasteiger partial charge in [0.25, 0.3) is 0 Å². The Labute approximate surface area is 174 Å². The van der Waals surface area contributed by atoms with Crippen LogP contribution in [0.15, 0.2) is 23.4 Å². The van der Waals surface area contributed by atoms with Gasteiger partial charge in [-0.05, 0) is 43.8 Å². The number of nitrogens with one attached hydrogen (secondary N) is 2. The molecule has 0 saturated heterocycles. The molecule has 0 spiro atoms. The summed E-state index contributed by atoms with van der Waals surface area (Å²) < 4.78 is 15.9. The summed E-state index contributed by atoms with van der Waals surface area (Å²) in [5.74, 6) is -0.843. The summed E-state index contributed by atoms with van der Waals surface area (Å²) in [6.45, 7) is 7.15. The van der Waals surface area contributed by atoms with Crippen LogP contribution in [0.1, 0.15) is 39.3 Å². The second kappa shape index (κ2) is 9.25. The Balaban J connectivity index is 2.52. The molecule has 1 heterocycles. The molecule has 0 amide bonds. The zero-order valence-electron chi connectivity index (χ0n) is 16.3. The summed E-state index contributed by atoms with van der Waals surface area (Å²) in [7, 11) is 1.44. The molecule has 0 radical (unpaired) electrons.